The molecular weight excluding hydrogens is 374 g/mol. The molecule has 0 aliphatic rings. The SMILES string of the molecule is C=CCOc1ccccc1CN=C(NCC)NCCNC(=O)c1scnc1C. The average molecular weight is 402 g/mol. The van der Waals surface area contributed by atoms with E-state index in [0.717, 1.165) is 23.6 Å². The Kier molecular flexibility index (Phi) is 9.00. The van der Waals surface area contributed by atoms with Gasteiger partial charge >= 0.3 is 0 Å². The molecule has 0 spiro atoms. The van der Waals surface area contributed by atoms with Crippen LogP contribution in [0.25, 0.3) is 0 Å². The summed E-state index contributed by atoms with van der Waals surface area (Å²) in [6, 6.07) is 7.81. The molecule has 7 nitrogen and oxygen atoms in total. The maximum absolute atomic E-state index is 12.1. The van der Waals surface area contributed by atoms with Gasteiger partial charge in [0, 0.05) is 25.2 Å². The number of nitrogens with zero attached hydrogens (tertiary/aromatic N) is 2. The molecule has 1 amide bonds. The van der Waals surface area contributed by atoms with Gasteiger partial charge in [0.1, 0.15) is 17.2 Å². The lowest BCUT2D eigenvalue weighted by Gasteiger charge is -2.13. The van der Waals surface area contributed by atoms with Gasteiger partial charge in [0.15, 0.2) is 5.96 Å². The number of carbonyl (C=O) groups excluding carboxylic acids is 1. The summed E-state index contributed by atoms with van der Waals surface area (Å²) in [5.41, 5.74) is 3.42. The van der Waals surface area contributed by atoms with Gasteiger partial charge in [-0.1, -0.05) is 30.9 Å². The Bertz CT molecular complexity index is 803. The van der Waals surface area contributed by atoms with Gasteiger partial charge in [0.25, 0.3) is 5.91 Å². The lowest BCUT2D eigenvalue weighted by molar-refractivity contribution is 0.0957. The Morgan fingerprint density at radius 2 is 2.07 bits per heavy atom. The van der Waals surface area contributed by atoms with Crippen LogP contribution in [0.5, 0.6) is 5.75 Å². The highest BCUT2D eigenvalue weighted by atomic mass is 32.1. The van der Waals surface area contributed by atoms with Crippen molar-refractivity contribution >= 4 is 23.2 Å². The molecule has 2 aromatic rings. The Labute approximate surface area is 169 Å². The second-order valence-corrected chi connectivity index (χ2v) is 6.71. The van der Waals surface area contributed by atoms with E-state index in [1.165, 1.54) is 11.3 Å². The third-order valence-corrected chi connectivity index (χ3v) is 4.66. The summed E-state index contributed by atoms with van der Waals surface area (Å²) in [5.74, 6) is 1.38. The van der Waals surface area contributed by atoms with Gasteiger partial charge in [-0.25, -0.2) is 9.98 Å². The molecule has 0 bridgehead atoms. The second kappa shape index (κ2) is 11.8. The number of thiazole rings is 1. The van der Waals surface area contributed by atoms with Gasteiger partial charge in [0.05, 0.1) is 17.7 Å². The maximum Gasteiger partial charge on any atom is 0.263 e. The van der Waals surface area contributed by atoms with Crippen LogP contribution in [0, 0.1) is 6.92 Å². The molecule has 0 radical (unpaired) electrons. The van der Waals surface area contributed by atoms with Crippen LogP contribution < -0.4 is 20.7 Å². The van der Waals surface area contributed by atoms with Crippen LogP contribution >= 0.6 is 11.3 Å². The molecule has 0 atom stereocenters. The normalized spacial score (nSPS) is 11.0. The highest BCUT2D eigenvalue weighted by molar-refractivity contribution is 7.11. The molecule has 8 heteroatoms. The highest BCUT2D eigenvalue weighted by Crippen LogP contribution is 2.18. The third-order valence-electron chi connectivity index (χ3n) is 3.74. The first-order chi connectivity index (χ1) is 13.7. The van der Waals surface area contributed by atoms with Crippen LogP contribution in [0.1, 0.15) is 27.9 Å². The van der Waals surface area contributed by atoms with Crippen molar-refractivity contribution in [2.45, 2.75) is 20.4 Å². The predicted molar refractivity (Wildman–Crippen MR) is 114 cm³/mol. The Morgan fingerprint density at radius 1 is 1.29 bits per heavy atom. The first-order valence-corrected chi connectivity index (χ1v) is 10.1. The molecule has 2 rings (SSSR count). The van der Waals surface area contributed by atoms with Crippen molar-refractivity contribution in [2.75, 3.05) is 26.2 Å². The number of nitrogens with one attached hydrogen (secondary N) is 3. The van der Waals surface area contributed by atoms with Crippen LogP contribution in [0.15, 0.2) is 47.4 Å². The molecule has 1 aromatic carbocycles. The van der Waals surface area contributed by atoms with Crippen molar-refractivity contribution < 1.29 is 9.53 Å². The standard InChI is InChI=1S/C20H27N5O2S/c1-4-12-27-17-9-7-6-8-16(17)13-24-20(21-5-2)23-11-10-22-19(26)18-15(3)25-14-28-18/h4,6-9,14H,1,5,10-13H2,2-3H3,(H,22,26)(H2,21,23,24). The molecular formula is C20H27N5O2S. The van der Waals surface area contributed by atoms with E-state index in [2.05, 4.69) is 32.5 Å². The van der Waals surface area contributed by atoms with Gasteiger partial charge in [0.2, 0.25) is 0 Å². The number of aromatic nitrogens is 1. The van der Waals surface area contributed by atoms with Crippen molar-refractivity contribution in [1.29, 1.82) is 0 Å². The molecule has 0 fully saturated rings. The molecule has 0 saturated carbocycles. The van der Waals surface area contributed by atoms with Crippen molar-refractivity contribution in [3.05, 3.63) is 58.6 Å². The molecule has 0 saturated heterocycles. The topological polar surface area (TPSA) is 87.6 Å². The number of amides is 1. The lowest BCUT2D eigenvalue weighted by Crippen LogP contribution is -2.41. The van der Waals surface area contributed by atoms with Crippen LogP contribution in [0.4, 0.5) is 0 Å². The first-order valence-electron chi connectivity index (χ1n) is 9.17. The van der Waals surface area contributed by atoms with E-state index >= 15 is 0 Å². The molecule has 0 aliphatic heterocycles. The first kappa shape index (κ1) is 21.4. The van der Waals surface area contributed by atoms with Gasteiger partial charge < -0.3 is 20.7 Å². The van der Waals surface area contributed by atoms with Crippen LogP contribution in [-0.4, -0.2) is 43.1 Å². The zero-order chi connectivity index (χ0) is 20.2. The average Bonchev–Trinajstić information content (AvgIpc) is 3.14. The van der Waals surface area contributed by atoms with E-state index in [4.69, 9.17) is 4.74 Å². The second-order valence-electron chi connectivity index (χ2n) is 5.85. The van der Waals surface area contributed by atoms with E-state index in [-0.39, 0.29) is 5.91 Å². The van der Waals surface area contributed by atoms with E-state index in [0.29, 0.717) is 37.1 Å². The van der Waals surface area contributed by atoms with Gasteiger partial charge in [-0.05, 0) is 19.9 Å². The molecule has 3 N–H and O–H groups in total. The van der Waals surface area contributed by atoms with Gasteiger partial charge in [-0.15, -0.1) is 11.3 Å². The summed E-state index contributed by atoms with van der Waals surface area (Å²) in [5, 5.41) is 9.31. The molecule has 150 valence electrons. The Morgan fingerprint density at radius 3 is 2.79 bits per heavy atom. The van der Waals surface area contributed by atoms with E-state index in [9.17, 15) is 4.79 Å². The fraction of sp³-hybridized carbons (Fsp3) is 0.350. The summed E-state index contributed by atoms with van der Waals surface area (Å²) in [6.45, 7) is 10.2. The minimum Gasteiger partial charge on any atom is -0.489 e. The summed E-state index contributed by atoms with van der Waals surface area (Å²) in [7, 11) is 0. The van der Waals surface area contributed by atoms with Crippen LogP contribution in [-0.2, 0) is 6.54 Å². The van der Waals surface area contributed by atoms with Crippen molar-refractivity contribution in [3.63, 3.8) is 0 Å². The number of guanidine groups is 1. The summed E-state index contributed by atoms with van der Waals surface area (Å²) >= 11 is 1.35. The third kappa shape index (κ3) is 6.70. The fourth-order valence-corrected chi connectivity index (χ4v) is 3.11. The number of para-hydroxylation sites is 1. The minimum atomic E-state index is -0.1000. The van der Waals surface area contributed by atoms with Crippen molar-refractivity contribution in [3.8, 4) is 5.75 Å². The van der Waals surface area contributed by atoms with E-state index in [1.54, 1.807) is 11.6 Å². The summed E-state index contributed by atoms with van der Waals surface area (Å²) in [6.07, 6.45) is 1.72. The lowest BCUT2D eigenvalue weighted by atomic mass is 10.2. The molecule has 0 unspecified atom stereocenters. The number of hydrogen-bond acceptors (Lipinski definition) is 5. The number of benzene rings is 1. The number of hydrogen-bond donors (Lipinski definition) is 3. The van der Waals surface area contributed by atoms with Crippen molar-refractivity contribution in [1.82, 2.24) is 20.9 Å². The van der Waals surface area contributed by atoms with Gasteiger partial charge in [-0.2, -0.15) is 0 Å². The zero-order valence-corrected chi connectivity index (χ0v) is 17.1. The summed E-state index contributed by atoms with van der Waals surface area (Å²) < 4.78 is 5.67. The maximum atomic E-state index is 12.1. The largest absolute Gasteiger partial charge is 0.489 e. The predicted octanol–water partition coefficient (Wildman–Crippen LogP) is 2.50. The Balaban J connectivity index is 1.86. The molecule has 1 heterocycles. The molecule has 0 aliphatic carbocycles. The van der Waals surface area contributed by atoms with Crippen LogP contribution in [0.3, 0.4) is 0 Å². The number of aliphatic imine (C=N–C) groups is 1. The Hall–Kier alpha value is -2.87. The number of aryl methyl sites for hydroxylation is 1. The summed E-state index contributed by atoms with van der Waals surface area (Å²) in [4.78, 5) is 21.4. The van der Waals surface area contributed by atoms with Gasteiger partial charge in [-0.3, -0.25) is 4.79 Å². The molecule has 1 aromatic heterocycles. The smallest absolute Gasteiger partial charge is 0.263 e. The van der Waals surface area contributed by atoms with Crippen molar-refractivity contribution in [2.24, 2.45) is 4.99 Å². The highest BCUT2D eigenvalue weighted by Gasteiger charge is 2.10. The minimum absolute atomic E-state index is 0.1000. The van der Waals surface area contributed by atoms with E-state index < -0.39 is 0 Å². The zero-order valence-electron chi connectivity index (χ0n) is 16.3. The number of carbonyl (C=O) groups is 1. The number of rotatable bonds is 10. The molecule has 28 heavy (non-hydrogen) atoms. The quantitative estimate of drug-likeness (QED) is 0.246. The monoisotopic (exact) mass is 401 g/mol. The van der Waals surface area contributed by atoms with E-state index in [1.807, 2.05) is 38.1 Å². The van der Waals surface area contributed by atoms with Crippen LogP contribution in [0.2, 0.25) is 0 Å². The number of ether oxygens (including phenoxy) is 1. The fourth-order valence-electron chi connectivity index (χ4n) is 2.39.